The Morgan fingerprint density at radius 3 is 2.43 bits per heavy atom. The van der Waals surface area contributed by atoms with Crippen LogP contribution in [-0.2, 0) is 9.59 Å². The number of amides is 2. The zero-order valence-corrected chi connectivity index (χ0v) is 13.2. The molecule has 120 valence electrons. The van der Waals surface area contributed by atoms with Crippen molar-refractivity contribution in [3.8, 4) is 0 Å². The highest BCUT2D eigenvalue weighted by Crippen LogP contribution is 2.24. The van der Waals surface area contributed by atoms with Crippen LogP contribution in [-0.4, -0.2) is 74.5 Å². The number of carbonyl (C=O) groups is 2. The van der Waals surface area contributed by atoms with Crippen LogP contribution >= 0.6 is 0 Å². The Labute approximate surface area is 127 Å². The van der Waals surface area contributed by atoms with Crippen molar-refractivity contribution < 1.29 is 9.59 Å². The van der Waals surface area contributed by atoms with Crippen molar-refractivity contribution in [1.82, 2.24) is 20.4 Å². The van der Waals surface area contributed by atoms with E-state index < -0.39 is 0 Å². The highest BCUT2D eigenvalue weighted by molar-refractivity contribution is 5.80. The van der Waals surface area contributed by atoms with Crippen molar-refractivity contribution in [2.45, 2.75) is 19.8 Å². The molecule has 2 aliphatic rings. The van der Waals surface area contributed by atoms with Gasteiger partial charge in [-0.2, -0.15) is 0 Å². The molecule has 2 N–H and O–H groups in total. The molecule has 6 nitrogen and oxygen atoms in total. The Morgan fingerprint density at radius 2 is 1.86 bits per heavy atom. The van der Waals surface area contributed by atoms with E-state index in [0.717, 1.165) is 45.6 Å². The van der Waals surface area contributed by atoms with Gasteiger partial charge in [-0.15, -0.1) is 0 Å². The lowest BCUT2D eigenvalue weighted by atomic mass is 9.91. The van der Waals surface area contributed by atoms with Crippen LogP contribution in [0.1, 0.15) is 19.8 Å². The molecule has 0 saturated carbocycles. The molecule has 0 unspecified atom stereocenters. The third-order valence-corrected chi connectivity index (χ3v) is 4.58. The van der Waals surface area contributed by atoms with Crippen LogP contribution < -0.4 is 10.6 Å². The minimum Gasteiger partial charge on any atom is -0.355 e. The maximum atomic E-state index is 12.4. The molecule has 0 atom stereocenters. The molecule has 2 amide bonds. The van der Waals surface area contributed by atoms with Crippen molar-refractivity contribution in [3.63, 3.8) is 0 Å². The summed E-state index contributed by atoms with van der Waals surface area (Å²) in [6.45, 7) is 7.97. The van der Waals surface area contributed by atoms with Crippen LogP contribution in [0.25, 0.3) is 0 Å². The zero-order valence-electron chi connectivity index (χ0n) is 13.2. The number of nitrogens with one attached hydrogen (secondary N) is 2. The molecule has 2 saturated heterocycles. The summed E-state index contributed by atoms with van der Waals surface area (Å²) < 4.78 is 0. The van der Waals surface area contributed by atoms with Gasteiger partial charge in [-0.25, -0.2) is 0 Å². The van der Waals surface area contributed by atoms with Gasteiger partial charge in [-0.05, 0) is 39.5 Å². The van der Waals surface area contributed by atoms with Gasteiger partial charge in [0.05, 0.1) is 6.54 Å². The lowest BCUT2D eigenvalue weighted by Gasteiger charge is -2.42. The third kappa shape index (κ3) is 4.41. The molecule has 2 fully saturated rings. The Balaban J connectivity index is 1.63. The van der Waals surface area contributed by atoms with Gasteiger partial charge in [0.1, 0.15) is 0 Å². The van der Waals surface area contributed by atoms with E-state index in [1.165, 1.54) is 0 Å². The lowest BCUT2D eigenvalue weighted by molar-refractivity contribution is -0.143. The van der Waals surface area contributed by atoms with E-state index in [1.54, 1.807) is 7.05 Å². The van der Waals surface area contributed by atoms with E-state index in [-0.39, 0.29) is 11.8 Å². The fraction of sp³-hybridized carbons (Fsp3) is 0.867. The van der Waals surface area contributed by atoms with Gasteiger partial charge in [0, 0.05) is 31.5 Å². The van der Waals surface area contributed by atoms with Crippen molar-refractivity contribution in [2.24, 2.45) is 11.8 Å². The number of carbonyl (C=O) groups excluding carboxylic acids is 2. The normalized spacial score (nSPS) is 21.1. The molecule has 0 aliphatic carbocycles. The number of likely N-dealkylation sites (N-methyl/N-ethyl adjacent to an activating group) is 1. The first-order valence-electron chi connectivity index (χ1n) is 8.06. The highest BCUT2D eigenvalue weighted by atomic mass is 16.2. The lowest BCUT2D eigenvalue weighted by Crippen LogP contribution is -2.56. The van der Waals surface area contributed by atoms with Gasteiger partial charge >= 0.3 is 0 Å². The van der Waals surface area contributed by atoms with Gasteiger partial charge in [0.25, 0.3) is 0 Å². The van der Waals surface area contributed by atoms with Gasteiger partial charge in [0.15, 0.2) is 0 Å². The average Bonchev–Trinajstić information content (AvgIpc) is 2.45. The fourth-order valence-electron chi connectivity index (χ4n) is 3.11. The van der Waals surface area contributed by atoms with Gasteiger partial charge < -0.3 is 20.4 Å². The van der Waals surface area contributed by atoms with Gasteiger partial charge in [-0.1, -0.05) is 6.92 Å². The van der Waals surface area contributed by atoms with E-state index in [1.807, 2.05) is 4.90 Å². The topological polar surface area (TPSA) is 64.7 Å². The van der Waals surface area contributed by atoms with Crippen molar-refractivity contribution >= 4 is 11.8 Å². The minimum absolute atomic E-state index is 0.0224. The largest absolute Gasteiger partial charge is 0.355 e. The van der Waals surface area contributed by atoms with Crippen molar-refractivity contribution in [1.29, 1.82) is 0 Å². The fourth-order valence-corrected chi connectivity index (χ4v) is 3.11. The van der Waals surface area contributed by atoms with E-state index in [9.17, 15) is 9.59 Å². The summed E-state index contributed by atoms with van der Waals surface area (Å²) in [5.74, 6) is 0.982. The SMILES string of the molecule is CCN1CCC(C(=O)N2CC(CNC(=O)CNC)C2)CC1. The van der Waals surface area contributed by atoms with Crippen LogP contribution in [0.5, 0.6) is 0 Å². The number of likely N-dealkylation sites (tertiary alicyclic amines) is 2. The van der Waals surface area contributed by atoms with E-state index in [2.05, 4.69) is 22.5 Å². The summed E-state index contributed by atoms with van der Waals surface area (Å²) >= 11 is 0. The van der Waals surface area contributed by atoms with Crippen LogP contribution in [0.3, 0.4) is 0 Å². The second-order valence-corrected chi connectivity index (χ2v) is 6.15. The summed E-state index contributed by atoms with van der Waals surface area (Å²) in [6.07, 6.45) is 1.99. The number of nitrogens with zero attached hydrogens (tertiary/aromatic N) is 2. The standard InChI is InChI=1S/C15H28N4O2/c1-3-18-6-4-13(5-7-18)15(21)19-10-12(11-19)8-17-14(20)9-16-2/h12-13,16H,3-11H2,1-2H3,(H,17,20). The summed E-state index contributed by atoms with van der Waals surface area (Å²) in [5.41, 5.74) is 0. The molecule has 0 spiro atoms. The summed E-state index contributed by atoms with van der Waals surface area (Å²) in [7, 11) is 1.76. The maximum Gasteiger partial charge on any atom is 0.233 e. The molecule has 0 bridgehead atoms. The first-order chi connectivity index (χ1) is 10.1. The van der Waals surface area contributed by atoms with Crippen molar-refractivity contribution in [2.75, 3.05) is 52.9 Å². The third-order valence-electron chi connectivity index (χ3n) is 4.58. The second kappa shape index (κ2) is 7.75. The van der Waals surface area contributed by atoms with Crippen LogP contribution in [0.15, 0.2) is 0 Å². The first kappa shape index (κ1) is 16.2. The molecule has 0 aromatic rings. The quantitative estimate of drug-likeness (QED) is 0.694. The van der Waals surface area contributed by atoms with E-state index >= 15 is 0 Å². The molecule has 0 radical (unpaired) electrons. The summed E-state index contributed by atoms with van der Waals surface area (Å²) in [5, 5.41) is 5.72. The minimum atomic E-state index is 0.0224. The Hall–Kier alpha value is -1.14. The molecule has 2 rings (SSSR count). The smallest absolute Gasteiger partial charge is 0.233 e. The van der Waals surface area contributed by atoms with Crippen LogP contribution in [0.4, 0.5) is 0 Å². The Bertz CT molecular complexity index is 361. The van der Waals surface area contributed by atoms with Crippen LogP contribution in [0, 0.1) is 11.8 Å². The molecular weight excluding hydrogens is 268 g/mol. The predicted octanol–water partition coefficient (Wildman–Crippen LogP) is -0.488. The predicted molar refractivity (Wildman–Crippen MR) is 81.8 cm³/mol. The number of piperidine rings is 1. The number of rotatable bonds is 6. The average molecular weight is 296 g/mol. The highest BCUT2D eigenvalue weighted by Gasteiger charge is 2.35. The monoisotopic (exact) mass is 296 g/mol. The Kier molecular flexibility index (Phi) is 5.99. The Morgan fingerprint density at radius 1 is 1.19 bits per heavy atom. The molecule has 0 aromatic carbocycles. The molecule has 0 aromatic heterocycles. The molecular formula is C15H28N4O2. The van der Waals surface area contributed by atoms with E-state index in [0.29, 0.717) is 24.9 Å². The zero-order chi connectivity index (χ0) is 15.2. The number of hydrogen-bond acceptors (Lipinski definition) is 4. The molecule has 2 aliphatic heterocycles. The van der Waals surface area contributed by atoms with Crippen LogP contribution in [0.2, 0.25) is 0 Å². The number of hydrogen-bond donors (Lipinski definition) is 2. The summed E-state index contributed by atoms with van der Waals surface area (Å²) in [4.78, 5) is 28.1. The van der Waals surface area contributed by atoms with Gasteiger partial charge in [0.2, 0.25) is 11.8 Å². The van der Waals surface area contributed by atoms with Crippen molar-refractivity contribution in [3.05, 3.63) is 0 Å². The second-order valence-electron chi connectivity index (χ2n) is 6.15. The van der Waals surface area contributed by atoms with Gasteiger partial charge in [-0.3, -0.25) is 9.59 Å². The molecule has 2 heterocycles. The molecule has 21 heavy (non-hydrogen) atoms. The first-order valence-corrected chi connectivity index (χ1v) is 8.06. The maximum absolute atomic E-state index is 12.4. The molecule has 6 heteroatoms. The van der Waals surface area contributed by atoms with E-state index in [4.69, 9.17) is 0 Å². The summed E-state index contributed by atoms with van der Waals surface area (Å²) in [6, 6.07) is 0.